The first-order valence-corrected chi connectivity index (χ1v) is 8.16. The van der Waals surface area contributed by atoms with Gasteiger partial charge >= 0.3 is 0 Å². The number of benzene rings is 1. The zero-order valence-electron chi connectivity index (χ0n) is 14.3. The number of amides is 1. The lowest BCUT2D eigenvalue weighted by Crippen LogP contribution is -2.44. The third kappa shape index (κ3) is 4.17. The van der Waals surface area contributed by atoms with Crippen molar-refractivity contribution >= 4 is 5.91 Å². The number of carbonyl (C=O) groups excluding carboxylic acids is 1. The van der Waals surface area contributed by atoms with Crippen molar-refractivity contribution in [1.29, 1.82) is 0 Å². The van der Waals surface area contributed by atoms with Gasteiger partial charge in [0.05, 0.1) is 20.8 Å². The lowest BCUT2D eigenvalue weighted by molar-refractivity contribution is 0.0525. The molecule has 0 aliphatic carbocycles. The number of piperidine rings is 1. The molecule has 1 saturated heterocycles. The highest BCUT2D eigenvalue weighted by Gasteiger charge is 2.26. The second-order valence-electron chi connectivity index (χ2n) is 5.80. The van der Waals surface area contributed by atoms with Crippen LogP contribution in [-0.2, 0) is 0 Å². The Morgan fingerprint density at radius 3 is 2.60 bits per heavy atom. The van der Waals surface area contributed by atoms with E-state index in [1.807, 2.05) is 0 Å². The lowest BCUT2D eigenvalue weighted by atomic mass is 10.1. The maximum atomic E-state index is 12.9. The van der Waals surface area contributed by atoms with E-state index in [0.717, 1.165) is 12.8 Å². The van der Waals surface area contributed by atoms with Crippen molar-refractivity contribution in [2.75, 3.05) is 27.3 Å². The van der Waals surface area contributed by atoms with Crippen LogP contribution in [0.2, 0.25) is 0 Å². The molecule has 1 aliphatic rings. The fourth-order valence-electron chi connectivity index (χ4n) is 2.85. The Bertz CT molecular complexity index is 701. The molecule has 1 atom stereocenters. The van der Waals surface area contributed by atoms with E-state index in [1.165, 1.54) is 0 Å². The molecule has 1 aromatic heterocycles. The number of aromatic nitrogens is 2. The number of nitrogens with zero attached hydrogens (tertiary/aromatic N) is 3. The van der Waals surface area contributed by atoms with Crippen molar-refractivity contribution in [3.63, 3.8) is 0 Å². The minimum atomic E-state index is -0.0955. The van der Waals surface area contributed by atoms with Gasteiger partial charge < -0.3 is 19.1 Å². The summed E-state index contributed by atoms with van der Waals surface area (Å²) in [7, 11) is 3.13. The third-order valence-corrected chi connectivity index (χ3v) is 4.10. The second kappa shape index (κ2) is 7.83. The molecule has 0 radical (unpaired) electrons. The first-order chi connectivity index (χ1) is 12.2. The summed E-state index contributed by atoms with van der Waals surface area (Å²) in [5.41, 5.74) is 0.538. The Balaban J connectivity index is 1.71. The van der Waals surface area contributed by atoms with Crippen molar-refractivity contribution in [2.45, 2.75) is 18.9 Å². The van der Waals surface area contributed by atoms with Crippen LogP contribution in [0, 0.1) is 0 Å². The van der Waals surface area contributed by atoms with Gasteiger partial charge in [-0.25, -0.2) is 0 Å². The van der Waals surface area contributed by atoms with Gasteiger partial charge in [-0.15, -0.1) is 5.10 Å². The molecule has 132 valence electrons. The van der Waals surface area contributed by atoms with Gasteiger partial charge in [0.25, 0.3) is 5.91 Å². The molecule has 2 heterocycles. The van der Waals surface area contributed by atoms with E-state index in [1.54, 1.807) is 55.6 Å². The van der Waals surface area contributed by atoms with Gasteiger partial charge in [-0.1, -0.05) is 0 Å². The van der Waals surface area contributed by atoms with E-state index < -0.39 is 0 Å². The number of methoxy groups -OCH3 is 2. The number of hydrogen-bond donors (Lipinski definition) is 0. The van der Waals surface area contributed by atoms with Crippen LogP contribution in [0.25, 0.3) is 0 Å². The standard InChI is InChI=1S/C18H21N3O4/c1-23-15-9-13(10-16(11-15)24-2)18(22)21-8-4-5-14(12-21)25-17-6-3-7-19-20-17/h3,6-7,9-11,14H,4-5,8,12H2,1-2H3. The summed E-state index contributed by atoms with van der Waals surface area (Å²) in [6.45, 7) is 1.20. The quantitative estimate of drug-likeness (QED) is 0.828. The number of likely N-dealkylation sites (tertiary alicyclic amines) is 1. The van der Waals surface area contributed by atoms with Crippen molar-refractivity contribution in [3.8, 4) is 17.4 Å². The molecule has 7 heteroatoms. The molecular weight excluding hydrogens is 322 g/mol. The van der Waals surface area contributed by atoms with Crippen LogP contribution in [0.3, 0.4) is 0 Å². The van der Waals surface area contributed by atoms with E-state index in [4.69, 9.17) is 14.2 Å². The van der Waals surface area contributed by atoms with Gasteiger partial charge in [0.15, 0.2) is 0 Å². The van der Waals surface area contributed by atoms with Gasteiger partial charge in [0.1, 0.15) is 17.6 Å². The van der Waals surface area contributed by atoms with Crippen LogP contribution >= 0.6 is 0 Å². The second-order valence-corrected chi connectivity index (χ2v) is 5.80. The average molecular weight is 343 g/mol. The molecule has 0 spiro atoms. The molecule has 1 aliphatic heterocycles. The number of rotatable bonds is 5. The van der Waals surface area contributed by atoms with Crippen LogP contribution < -0.4 is 14.2 Å². The van der Waals surface area contributed by atoms with Crippen LogP contribution in [-0.4, -0.2) is 54.4 Å². The summed E-state index contributed by atoms with van der Waals surface area (Å²) in [6.07, 6.45) is 3.25. The zero-order chi connectivity index (χ0) is 17.6. The Morgan fingerprint density at radius 1 is 1.20 bits per heavy atom. The number of carbonyl (C=O) groups is 1. The molecule has 0 saturated carbocycles. The van der Waals surface area contributed by atoms with Gasteiger partial charge in [-0.05, 0) is 31.0 Å². The van der Waals surface area contributed by atoms with E-state index in [0.29, 0.717) is 36.0 Å². The minimum absolute atomic E-state index is 0.0651. The topological polar surface area (TPSA) is 73.8 Å². The SMILES string of the molecule is COc1cc(OC)cc(C(=O)N2CCCC(Oc3cccnn3)C2)c1. The normalized spacial score (nSPS) is 17.0. The molecule has 0 N–H and O–H groups in total. The van der Waals surface area contributed by atoms with Gasteiger partial charge in [0, 0.05) is 30.4 Å². The minimum Gasteiger partial charge on any atom is -0.497 e. The Hall–Kier alpha value is -2.83. The average Bonchev–Trinajstić information content (AvgIpc) is 2.68. The Morgan fingerprint density at radius 2 is 1.96 bits per heavy atom. The Kier molecular flexibility index (Phi) is 5.33. The van der Waals surface area contributed by atoms with E-state index in [2.05, 4.69) is 10.2 Å². The maximum Gasteiger partial charge on any atom is 0.254 e. The first kappa shape index (κ1) is 17.0. The van der Waals surface area contributed by atoms with Crippen LogP contribution in [0.1, 0.15) is 23.2 Å². The van der Waals surface area contributed by atoms with E-state index in [9.17, 15) is 4.79 Å². The van der Waals surface area contributed by atoms with Crippen LogP contribution in [0.15, 0.2) is 36.5 Å². The maximum absolute atomic E-state index is 12.9. The molecule has 1 fully saturated rings. The molecule has 1 unspecified atom stereocenters. The molecule has 1 amide bonds. The fraction of sp³-hybridized carbons (Fsp3) is 0.389. The molecular formula is C18H21N3O4. The van der Waals surface area contributed by atoms with Gasteiger partial charge in [0.2, 0.25) is 5.88 Å². The Labute approximate surface area is 146 Å². The number of ether oxygens (including phenoxy) is 3. The van der Waals surface area contributed by atoms with Gasteiger partial charge in [-0.3, -0.25) is 4.79 Å². The highest BCUT2D eigenvalue weighted by atomic mass is 16.5. The third-order valence-electron chi connectivity index (χ3n) is 4.10. The predicted molar refractivity (Wildman–Crippen MR) is 91.1 cm³/mol. The summed E-state index contributed by atoms with van der Waals surface area (Å²) in [5.74, 6) is 1.59. The van der Waals surface area contributed by atoms with Crippen LogP contribution in [0.5, 0.6) is 17.4 Å². The largest absolute Gasteiger partial charge is 0.497 e. The summed E-state index contributed by atoms with van der Waals surface area (Å²) in [4.78, 5) is 14.7. The summed E-state index contributed by atoms with van der Waals surface area (Å²) in [5, 5.41) is 7.74. The highest BCUT2D eigenvalue weighted by molar-refractivity contribution is 5.95. The molecule has 2 aromatic rings. The molecule has 7 nitrogen and oxygen atoms in total. The lowest BCUT2D eigenvalue weighted by Gasteiger charge is -2.32. The molecule has 0 bridgehead atoms. The molecule has 3 rings (SSSR count). The monoisotopic (exact) mass is 343 g/mol. The summed E-state index contributed by atoms with van der Waals surface area (Å²) in [6, 6.07) is 8.72. The first-order valence-electron chi connectivity index (χ1n) is 8.16. The van der Waals surface area contributed by atoms with Crippen molar-refractivity contribution in [1.82, 2.24) is 15.1 Å². The van der Waals surface area contributed by atoms with Gasteiger partial charge in [-0.2, -0.15) is 5.10 Å². The van der Waals surface area contributed by atoms with E-state index in [-0.39, 0.29) is 12.0 Å². The number of hydrogen-bond acceptors (Lipinski definition) is 6. The van der Waals surface area contributed by atoms with Crippen LogP contribution in [0.4, 0.5) is 0 Å². The van der Waals surface area contributed by atoms with Crippen molar-refractivity contribution < 1.29 is 19.0 Å². The fourth-order valence-corrected chi connectivity index (χ4v) is 2.85. The van der Waals surface area contributed by atoms with Crippen molar-refractivity contribution in [3.05, 3.63) is 42.1 Å². The summed E-state index contributed by atoms with van der Waals surface area (Å²) >= 11 is 0. The van der Waals surface area contributed by atoms with E-state index >= 15 is 0 Å². The summed E-state index contributed by atoms with van der Waals surface area (Å²) < 4.78 is 16.3. The zero-order valence-corrected chi connectivity index (χ0v) is 14.3. The predicted octanol–water partition coefficient (Wildman–Crippen LogP) is 2.18. The molecule has 1 aromatic carbocycles. The van der Waals surface area contributed by atoms with Crippen molar-refractivity contribution in [2.24, 2.45) is 0 Å². The molecule has 25 heavy (non-hydrogen) atoms. The highest BCUT2D eigenvalue weighted by Crippen LogP contribution is 2.25. The smallest absolute Gasteiger partial charge is 0.254 e.